The van der Waals surface area contributed by atoms with Gasteiger partial charge in [-0.15, -0.1) is 0 Å². The molecule has 1 aromatic rings. The van der Waals surface area contributed by atoms with Crippen LogP contribution < -0.4 is 5.32 Å². The smallest absolute Gasteiger partial charge is 0.337 e. The number of nitrogens with zero attached hydrogens (tertiary/aromatic N) is 1. The molecule has 1 amide bonds. The maximum Gasteiger partial charge on any atom is 0.337 e. The molecule has 2 N–H and O–H groups in total. The van der Waals surface area contributed by atoms with Crippen molar-refractivity contribution in [3.05, 3.63) is 39.9 Å². The predicted molar refractivity (Wildman–Crippen MR) is 73.7 cm³/mol. The molecule has 19 heavy (non-hydrogen) atoms. The molecule has 0 saturated heterocycles. The number of anilines is 1. The highest BCUT2D eigenvalue weighted by molar-refractivity contribution is 9.10. The van der Waals surface area contributed by atoms with Gasteiger partial charge in [-0.3, -0.25) is 4.79 Å². The molecule has 0 aliphatic carbocycles. The number of hydrogen-bond donors (Lipinski definition) is 2. The Morgan fingerprint density at radius 1 is 1.53 bits per heavy atom. The third-order valence-corrected chi connectivity index (χ3v) is 2.81. The summed E-state index contributed by atoms with van der Waals surface area (Å²) in [6.45, 7) is 1.56. The van der Waals surface area contributed by atoms with Crippen LogP contribution >= 0.6 is 15.9 Å². The molecule has 98 valence electrons. The van der Waals surface area contributed by atoms with E-state index in [1.807, 2.05) is 6.07 Å². The summed E-state index contributed by atoms with van der Waals surface area (Å²) in [7, 11) is 0. The van der Waals surface area contributed by atoms with Gasteiger partial charge in [-0.25, -0.2) is 4.79 Å². The van der Waals surface area contributed by atoms with Crippen molar-refractivity contribution in [3.63, 3.8) is 0 Å². The van der Waals surface area contributed by atoms with Crippen molar-refractivity contribution in [1.82, 2.24) is 0 Å². The lowest BCUT2D eigenvalue weighted by atomic mass is 10.1. The Morgan fingerprint density at radius 3 is 2.79 bits per heavy atom. The molecule has 0 atom stereocenters. The number of nitrogens with one attached hydrogen (secondary N) is 1. The zero-order chi connectivity index (χ0) is 14.4. The standard InChI is InChI=1S/C13H11BrN2O3/c1-8(3-2-6-15)12(17)16-11-5-4-9(14)7-10(11)13(18)19/h3-5,7H,2H2,1H3,(H,16,17)(H,18,19)/b8-3+. The van der Waals surface area contributed by atoms with E-state index < -0.39 is 11.9 Å². The molecule has 5 nitrogen and oxygen atoms in total. The van der Waals surface area contributed by atoms with E-state index in [0.29, 0.717) is 10.0 Å². The summed E-state index contributed by atoms with van der Waals surface area (Å²) in [5, 5.41) is 20.0. The minimum absolute atomic E-state index is 0.00388. The van der Waals surface area contributed by atoms with Crippen LogP contribution in [0.3, 0.4) is 0 Å². The molecule has 0 radical (unpaired) electrons. The fraction of sp³-hybridized carbons (Fsp3) is 0.154. The van der Waals surface area contributed by atoms with E-state index in [9.17, 15) is 9.59 Å². The molecule has 0 spiro atoms. The summed E-state index contributed by atoms with van der Waals surface area (Å²) in [6, 6.07) is 6.44. The lowest BCUT2D eigenvalue weighted by molar-refractivity contribution is -0.112. The second-order valence-electron chi connectivity index (χ2n) is 3.70. The lowest BCUT2D eigenvalue weighted by Gasteiger charge is -2.09. The van der Waals surface area contributed by atoms with Crippen LogP contribution in [0.2, 0.25) is 0 Å². The molecule has 0 heterocycles. The average molecular weight is 323 g/mol. The van der Waals surface area contributed by atoms with Crippen molar-refractivity contribution in [2.45, 2.75) is 13.3 Å². The molecule has 0 bridgehead atoms. The van der Waals surface area contributed by atoms with E-state index in [2.05, 4.69) is 21.2 Å². The van der Waals surface area contributed by atoms with Gasteiger partial charge < -0.3 is 10.4 Å². The first-order chi connectivity index (χ1) is 8.95. The summed E-state index contributed by atoms with van der Waals surface area (Å²) in [6.07, 6.45) is 1.61. The average Bonchev–Trinajstić information content (AvgIpc) is 2.37. The van der Waals surface area contributed by atoms with Gasteiger partial charge in [-0.05, 0) is 25.1 Å². The summed E-state index contributed by atoms with van der Waals surface area (Å²) < 4.78 is 0.611. The second-order valence-corrected chi connectivity index (χ2v) is 4.61. The zero-order valence-electron chi connectivity index (χ0n) is 10.1. The summed E-state index contributed by atoms with van der Waals surface area (Å²) >= 11 is 3.17. The van der Waals surface area contributed by atoms with Crippen molar-refractivity contribution >= 4 is 33.5 Å². The van der Waals surface area contributed by atoms with Crippen LogP contribution in [0, 0.1) is 11.3 Å². The maximum atomic E-state index is 11.8. The SMILES string of the molecule is C/C(=C\CC#N)C(=O)Nc1ccc(Br)cc1C(=O)O. The van der Waals surface area contributed by atoms with Gasteiger partial charge in [0.2, 0.25) is 0 Å². The van der Waals surface area contributed by atoms with Crippen LogP contribution in [-0.4, -0.2) is 17.0 Å². The van der Waals surface area contributed by atoms with Crippen LogP contribution in [0.15, 0.2) is 34.3 Å². The Morgan fingerprint density at radius 2 is 2.21 bits per heavy atom. The Hall–Kier alpha value is -2.13. The number of hydrogen-bond acceptors (Lipinski definition) is 3. The Bertz CT molecular complexity index is 588. The summed E-state index contributed by atoms with van der Waals surface area (Å²) in [4.78, 5) is 22.9. The molecule has 0 aliphatic heterocycles. The normalized spacial score (nSPS) is 10.7. The fourth-order valence-electron chi connectivity index (χ4n) is 1.31. The summed E-state index contributed by atoms with van der Waals surface area (Å²) in [5.41, 5.74) is 0.571. The van der Waals surface area contributed by atoms with Crippen molar-refractivity contribution in [3.8, 4) is 6.07 Å². The quantitative estimate of drug-likeness (QED) is 0.834. The molecule has 0 saturated carbocycles. The topological polar surface area (TPSA) is 90.2 Å². The number of carboxylic acids is 1. The molecule has 1 aromatic carbocycles. The third kappa shape index (κ3) is 4.23. The van der Waals surface area contributed by atoms with Crippen LogP contribution in [0.4, 0.5) is 5.69 Å². The molecule has 1 rings (SSSR count). The first-order valence-corrected chi connectivity index (χ1v) is 6.13. The molecule has 0 aromatic heterocycles. The monoisotopic (exact) mass is 322 g/mol. The lowest BCUT2D eigenvalue weighted by Crippen LogP contribution is -2.15. The number of carbonyl (C=O) groups excluding carboxylic acids is 1. The van der Waals surface area contributed by atoms with Gasteiger partial charge in [-0.2, -0.15) is 5.26 Å². The third-order valence-electron chi connectivity index (χ3n) is 2.32. The van der Waals surface area contributed by atoms with Gasteiger partial charge in [0, 0.05) is 10.0 Å². The van der Waals surface area contributed by atoms with Crippen molar-refractivity contribution in [2.24, 2.45) is 0 Å². The number of halogens is 1. The van der Waals surface area contributed by atoms with Gasteiger partial charge in [0.05, 0.1) is 23.7 Å². The number of carboxylic acid groups (broad SMARTS) is 1. The highest BCUT2D eigenvalue weighted by Crippen LogP contribution is 2.21. The van der Waals surface area contributed by atoms with Crippen LogP contribution in [0.1, 0.15) is 23.7 Å². The van der Waals surface area contributed by atoms with E-state index in [-0.39, 0.29) is 17.7 Å². The molecule has 0 unspecified atom stereocenters. The van der Waals surface area contributed by atoms with Gasteiger partial charge in [0.25, 0.3) is 5.91 Å². The molecular formula is C13H11BrN2O3. The fourth-order valence-corrected chi connectivity index (χ4v) is 1.68. The van der Waals surface area contributed by atoms with Crippen molar-refractivity contribution < 1.29 is 14.7 Å². The van der Waals surface area contributed by atoms with Crippen molar-refractivity contribution in [2.75, 3.05) is 5.32 Å². The molecular weight excluding hydrogens is 312 g/mol. The number of carbonyl (C=O) groups is 2. The van der Waals surface area contributed by atoms with Crippen LogP contribution in [0.25, 0.3) is 0 Å². The molecule has 0 aliphatic rings. The molecule has 6 heteroatoms. The van der Waals surface area contributed by atoms with Crippen LogP contribution in [-0.2, 0) is 4.79 Å². The van der Waals surface area contributed by atoms with E-state index in [4.69, 9.17) is 10.4 Å². The summed E-state index contributed by atoms with van der Waals surface area (Å²) in [5.74, 6) is -1.56. The van der Waals surface area contributed by atoms with Gasteiger partial charge in [-0.1, -0.05) is 22.0 Å². The van der Waals surface area contributed by atoms with Crippen LogP contribution in [0.5, 0.6) is 0 Å². The number of allylic oxidation sites excluding steroid dienone is 1. The Kier molecular flexibility index (Phi) is 5.27. The number of rotatable bonds is 4. The minimum Gasteiger partial charge on any atom is -0.478 e. The Labute approximate surface area is 118 Å². The van der Waals surface area contributed by atoms with E-state index >= 15 is 0 Å². The van der Waals surface area contributed by atoms with Gasteiger partial charge in [0.1, 0.15) is 0 Å². The van der Waals surface area contributed by atoms with E-state index in [1.165, 1.54) is 18.2 Å². The first kappa shape index (κ1) is 14.9. The number of nitriles is 1. The first-order valence-electron chi connectivity index (χ1n) is 5.33. The van der Waals surface area contributed by atoms with E-state index in [1.54, 1.807) is 13.0 Å². The minimum atomic E-state index is -1.13. The van der Waals surface area contributed by atoms with Gasteiger partial charge in [0.15, 0.2) is 0 Å². The zero-order valence-corrected chi connectivity index (χ0v) is 11.7. The molecule has 0 fully saturated rings. The maximum absolute atomic E-state index is 11.8. The number of aromatic carboxylic acids is 1. The number of benzene rings is 1. The Balaban J connectivity index is 2.97. The second kappa shape index (κ2) is 6.71. The largest absolute Gasteiger partial charge is 0.478 e. The van der Waals surface area contributed by atoms with Gasteiger partial charge >= 0.3 is 5.97 Å². The predicted octanol–water partition coefficient (Wildman–Crippen LogP) is 2.95. The van der Waals surface area contributed by atoms with E-state index in [0.717, 1.165) is 0 Å². The number of amides is 1. The van der Waals surface area contributed by atoms with Crippen molar-refractivity contribution in [1.29, 1.82) is 5.26 Å². The highest BCUT2D eigenvalue weighted by Gasteiger charge is 2.13. The highest BCUT2D eigenvalue weighted by atomic mass is 79.9.